The van der Waals surface area contributed by atoms with E-state index in [4.69, 9.17) is 28.6 Å². The number of phenols is 2. The van der Waals surface area contributed by atoms with Crippen molar-refractivity contribution < 1.29 is 68.2 Å². The van der Waals surface area contributed by atoms with Crippen molar-refractivity contribution in [3.8, 4) is 23.0 Å². The summed E-state index contributed by atoms with van der Waals surface area (Å²) in [6, 6.07) is 2.27. The number of nitrogens with one attached hydrogen (secondary N) is 2. The van der Waals surface area contributed by atoms with E-state index in [1.807, 2.05) is 27.7 Å². The molecule has 0 radical (unpaired) electrons. The molecule has 74 heavy (non-hydrogen) atoms. The minimum Gasteiger partial charge on any atom is -0.507 e. The lowest BCUT2D eigenvalue weighted by molar-refractivity contribution is -0.770. The predicted molar refractivity (Wildman–Crippen MR) is 272 cm³/mol. The summed E-state index contributed by atoms with van der Waals surface area (Å²) in [5.74, 6) is -1.26. The zero-order valence-electron chi connectivity index (χ0n) is 45.1. The van der Waals surface area contributed by atoms with E-state index in [2.05, 4.69) is 10.6 Å². The lowest BCUT2D eigenvalue weighted by Gasteiger charge is -2.42. The maximum atomic E-state index is 13.6. The first-order chi connectivity index (χ1) is 34.6. The maximum Gasteiger partial charge on any atom is 0.331 e. The van der Waals surface area contributed by atoms with Crippen LogP contribution >= 0.6 is 0 Å². The Morgan fingerprint density at radius 1 is 0.635 bits per heavy atom. The predicted octanol–water partition coefficient (Wildman–Crippen LogP) is 6.26. The Bertz CT molecular complexity index is 2200. The molecule has 2 fully saturated rings. The molecular weight excluding hydrogens is 965 g/mol. The molecule has 4 rings (SSSR count). The molecule has 2 aliphatic rings. The molecule has 2 amide bonds. The summed E-state index contributed by atoms with van der Waals surface area (Å²) in [5.41, 5.74) is 2.05. The Labute approximate surface area is 433 Å². The van der Waals surface area contributed by atoms with Gasteiger partial charge in [-0.25, -0.2) is 9.59 Å². The fourth-order valence-electron chi connectivity index (χ4n) is 9.54. The second-order valence-electron chi connectivity index (χ2n) is 20.9. The number of hydrogen-bond donors (Lipinski definition) is 4. The summed E-state index contributed by atoms with van der Waals surface area (Å²) in [4.78, 5) is 89.1. The number of rotatable bonds is 26. The van der Waals surface area contributed by atoms with Gasteiger partial charge in [0.15, 0.2) is 0 Å². The third kappa shape index (κ3) is 17.6. The molecule has 22 nitrogen and oxygen atoms in total. The standard InChI is InChI=1S/C52H78N6O16/c1-31-23-45(33(3)35(5)49(31)63)69-27-39(25-53-51(9,10)29-55(37(7)59)41-17-13-15-19-43(41)73-57(65)66)71-47(61)21-22-48(62)72-40(28-70-46-24-32(2)50(64)36(6)34(46)4)26-54-52(11,12)30-56(38(8)60)42-18-14-16-20-44(42)74-58(67)68/h21-24,39-44,53-54,63-64H,13-20,25-30H2,1-12H3/b22-21+. The third-order valence-corrected chi connectivity index (χ3v) is 13.9. The van der Waals surface area contributed by atoms with E-state index in [0.29, 0.717) is 70.6 Å². The van der Waals surface area contributed by atoms with Crippen molar-refractivity contribution in [1.82, 2.24) is 20.4 Å². The number of aromatic hydroxyl groups is 2. The SMILES string of the molecule is CC(=O)N(CC(C)(C)NCC(COc1cc(C)c(O)c(C)c1C)OC(=O)/C=C/C(=O)OC(CNC(C)(C)CN(C(C)=O)C1CCCCC1O[N+](=O)[O-])COc1cc(C)c(O)c(C)c1C)C1CCCCC1O[N+](=O)[O-]. The molecule has 6 atom stereocenters. The van der Waals surface area contributed by atoms with Gasteiger partial charge in [-0.1, -0.05) is 25.7 Å². The highest BCUT2D eigenvalue weighted by molar-refractivity contribution is 5.91. The van der Waals surface area contributed by atoms with Crippen molar-refractivity contribution >= 4 is 23.8 Å². The summed E-state index contributed by atoms with van der Waals surface area (Å²) in [5, 5.41) is 48.8. The van der Waals surface area contributed by atoms with Crippen LogP contribution < -0.4 is 20.1 Å². The zero-order valence-corrected chi connectivity index (χ0v) is 45.1. The van der Waals surface area contributed by atoms with Crippen LogP contribution in [-0.2, 0) is 38.3 Å². The third-order valence-electron chi connectivity index (χ3n) is 13.9. The van der Waals surface area contributed by atoms with Gasteiger partial charge < -0.3 is 59.3 Å². The van der Waals surface area contributed by atoms with Gasteiger partial charge in [0.1, 0.15) is 60.6 Å². The number of ether oxygens (including phenoxy) is 4. The van der Waals surface area contributed by atoms with E-state index in [9.17, 15) is 49.6 Å². The lowest BCUT2D eigenvalue weighted by Crippen LogP contribution is -2.58. The first-order valence-corrected chi connectivity index (χ1v) is 25.2. The Kier molecular flexibility index (Phi) is 21.7. The van der Waals surface area contributed by atoms with Crippen molar-refractivity contribution in [2.75, 3.05) is 39.4 Å². The van der Waals surface area contributed by atoms with Gasteiger partial charge in [0.2, 0.25) is 11.8 Å². The number of nitrogens with zero attached hydrogens (tertiary/aromatic N) is 4. The Morgan fingerprint density at radius 2 is 0.973 bits per heavy atom. The molecule has 0 saturated heterocycles. The topological polar surface area (TPSA) is 281 Å². The van der Waals surface area contributed by atoms with Gasteiger partial charge in [0.25, 0.3) is 10.2 Å². The second kappa shape index (κ2) is 26.7. The molecule has 0 bridgehead atoms. The van der Waals surface area contributed by atoms with E-state index in [1.54, 1.807) is 63.5 Å². The van der Waals surface area contributed by atoms with E-state index in [-0.39, 0.29) is 62.7 Å². The number of aryl methyl sites for hydroxylation is 2. The molecule has 2 aromatic carbocycles. The summed E-state index contributed by atoms with van der Waals surface area (Å²) in [6.45, 7) is 20.6. The highest BCUT2D eigenvalue weighted by Crippen LogP contribution is 2.34. The Hall–Kier alpha value is -6.42. The van der Waals surface area contributed by atoms with Gasteiger partial charge in [0, 0.05) is 63.3 Å². The first kappa shape index (κ1) is 60.1. The number of phenolic OH excluding ortho intramolecular Hbond substituents is 2. The molecule has 0 heterocycles. The number of carbonyl (C=O) groups excluding carboxylic acids is 4. The van der Waals surface area contributed by atoms with Crippen LogP contribution in [0.4, 0.5) is 0 Å². The highest BCUT2D eigenvalue weighted by Gasteiger charge is 2.39. The molecule has 6 unspecified atom stereocenters. The van der Waals surface area contributed by atoms with E-state index in [0.717, 1.165) is 37.8 Å². The van der Waals surface area contributed by atoms with Crippen molar-refractivity contribution in [1.29, 1.82) is 0 Å². The number of esters is 2. The van der Waals surface area contributed by atoms with E-state index in [1.165, 1.54) is 13.8 Å². The van der Waals surface area contributed by atoms with Crippen molar-refractivity contribution in [3.05, 3.63) is 77.9 Å². The van der Waals surface area contributed by atoms with Crippen LogP contribution in [0.2, 0.25) is 0 Å². The summed E-state index contributed by atoms with van der Waals surface area (Å²) >= 11 is 0. The molecule has 412 valence electrons. The number of benzene rings is 2. The fraction of sp³-hybridized carbons (Fsp3) is 0.654. The van der Waals surface area contributed by atoms with E-state index >= 15 is 0 Å². The van der Waals surface area contributed by atoms with Gasteiger partial charge in [-0.3, -0.25) is 9.59 Å². The number of amides is 2. The zero-order chi connectivity index (χ0) is 55.2. The van der Waals surface area contributed by atoms with Crippen LogP contribution in [0.5, 0.6) is 23.0 Å². The molecule has 0 aliphatic heterocycles. The summed E-state index contributed by atoms with van der Waals surface area (Å²) in [6.07, 6.45) is 3.17. The molecule has 4 N–H and O–H groups in total. The molecule has 0 spiro atoms. The van der Waals surface area contributed by atoms with Crippen LogP contribution in [0.3, 0.4) is 0 Å². The second-order valence-corrected chi connectivity index (χ2v) is 20.9. The van der Waals surface area contributed by atoms with Crippen LogP contribution in [0.15, 0.2) is 24.3 Å². The van der Waals surface area contributed by atoms with Crippen LogP contribution in [-0.4, -0.2) is 141 Å². The minimum atomic E-state index is -0.986. The summed E-state index contributed by atoms with van der Waals surface area (Å²) in [7, 11) is 0. The van der Waals surface area contributed by atoms with Crippen LogP contribution in [0.1, 0.15) is 126 Å². The quantitative estimate of drug-likeness (QED) is 0.0350. The Morgan fingerprint density at radius 3 is 1.30 bits per heavy atom. The molecule has 2 saturated carbocycles. The largest absolute Gasteiger partial charge is 0.507 e. The van der Waals surface area contributed by atoms with Gasteiger partial charge in [-0.15, -0.1) is 20.2 Å². The first-order valence-electron chi connectivity index (χ1n) is 25.2. The summed E-state index contributed by atoms with van der Waals surface area (Å²) < 4.78 is 24.1. The monoisotopic (exact) mass is 1040 g/mol. The van der Waals surface area contributed by atoms with Crippen LogP contribution in [0, 0.1) is 61.8 Å². The van der Waals surface area contributed by atoms with Crippen LogP contribution in [0.25, 0.3) is 0 Å². The van der Waals surface area contributed by atoms with Crippen molar-refractivity contribution in [3.63, 3.8) is 0 Å². The minimum absolute atomic E-state index is 0.000925. The number of hydrogen-bond acceptors (Lipinski definition) is 18. The van der Waals surface area contributed by atoms with Gasteiger partial charge >= 0.3 is 11.9 Å². The maximum absolute atomic E-state index is 13.6. The van der Waals surface area contributed by atoms with Crippen molar-refractivity contribution in [2.45, 2.75) is 182 Å². The smallest absolute Gasteiger partial charge is 0.331 e. The molecule has 22 heteroatoms. The highest BCUT2D eigenvalue weighted by atomic mass is 17.0. The molecule has 0 aromatic heterocycles. The molecular formula is C52H78N6O16. The van der Waals surface area contributed by atoms with Gasteiger partial charge in [0.05, 0.1) is 12.1 Å². The average molecular weight is 1040 g/mol. The molecule has 2 aliphatic carbocycles. The van der Waals surface area contributed by atoms with Crippen molar-refractivity contribution in [2.24, 2.45) is 0 Å². The normalized spacial score (nSPS) is 18.9. The number of carbonyl (C=O) groups is 4. The Balaban J connectivity index is 1.53. The average Bonchev–Trinajstić information content (AvgIpc) is 3.32. The van der Waals surface area contributed by atoms with E-state index < -0.39 is 69.7 Å². The van der Waals surface area contributed by atoms with Gasteiger partial charge in [-0.2, -0.15) is 0 Å². The molecule has 2 aromatic rings. The fourth-order valence-corrected chi connectivity index (χ4v) is 9.54. The van der Waals surface area contributed by atoms with Gasteiger partial charge in [-0.05, 0) is 140 Å². The lowest BCUT2D eigenvalue weighted by atomic mass is 9.90.